The monoisotopic (exact) mass is 1370 g/mol. The van der Waals surface area contributed by atoms with Gasteiger partial charge in [0, 0.05) is 89.0 Å². The van der Waals surface area contributed by atoms with Gasteiger partial charge < -0.3 is 42.6 Å². The van der Waals surface area contributed by atoms with E-state index >= 15 is 0 Å². The van der Waals surface area contributed by atoms with Gasteiger partial charge in [-0.2, -0.15) is 0 Å². The van der Waals surface area contributed by atoms with E-state index in [9.17, 15) is 38.4 Å². The quantitative estimate of drug-likeness (QED) is 0.163. The van der Waals surface area contributed by atoms with Crippen LogP contribution >= 0.6 is 0 Å². The molecule has 0 aromatic heterocycles. The Bertz CT molecular complexity index is 1980. The zero-order chi connectivity index (χ0) is 59.6. The number of Topliss-reactive ketones (excluding diaryl/α,β-unsaturated/α-hetero) is 2. The van der Waals surface area contributed by atoms with E-state index in [0.29, 0.717) is 92.4 Å². The molecule has 10 aliphatic carbocycles. The Hall–Kier alpha value is -3.96. The summed E-state index contributed by atoms with van der Waals surface area (Å²) >= 11 is 0. The summed E-state index contributed by atoms with van der Waals surface area (Å²) in [7, 11) is 0. The largest absolute Gasteiger partial charge is 0.466 e. The second kappa shape index (κ2) is 53.9. The molecule has 10 saturated carbocycles. The van der Waals surface area contributed by atoms with E-state index in [1.165, 1.54) is 122 Å². The highest BCUT2D eigenvalue weighted by atomic mass is 16.6. The average molecular weight is 1370 g/mol. The Kier molecular flexibility index (Phi) is 55.2. The van der Waals surface area contributed by atoms with Crippen molar-refractivity contribution in [1.82, 2.24) is 0 Å². The van der Waals surface area contributed by atoms with Gasteiger partial charge in [-0.25, -0.2) is 0 Å². The Labute approximate surface area is 588 Å². The van der Waals surface area contributed by atoms with Crippen molar-refractivity contribution >= 4 is 47.4 Å². The molecule has 96 heavy (non-hydrogen) atoms. The Morgan fingerprint density at radius 3 is 1.01 bits per heavy atom. The van der Waals surface area contributed by atoms with Crippen molar-refractivity contribution in [3.63, 3.8) is 0 Å². The summed E-state index contributed by atoms with van der Waals surface area (Å²) < 4.78 is 44.3. The SMILES string of the molecule is C.C.C.C.C.C.C.C.C.C.C.C1CCCOCC1.C1CCOC1.C1CCOCC1.O=C1C2CC3CC(C2)CC1C3.O=C1CC2CCC1C2.O=C1CCCCCO1.O=C1CCCCO1.O=C1CCCO1.O=C1OC2CC3CC1C2C3.O=C1OC2CCC1C2.O=C1OC2CCCC1C2. The molecule has 0 amide bonds. The first-order chi connectivity index (χ1) is 41.4. The smallest absolute Gasteiger partial charge is 0.309 e. The molecule has 0 radical (unpaired) electrons. The minimum atomic E-state index is -0.0463. The maximum atomic E-state index is 11.6. The third-order valence-corrected chi connectivity index (χ3v) is 20.3. The predicted octanol–water partition coefficient (Wildman–Crippen LogP) is 18.9. The van der Waals surface area contributed by atoms with Crippen LogP contribution in [-0.2, 0) is 81.0 Å². The van der Waals surface area contributed by atoms with Crippen LogP contribution in [0.4, 0.5) is 0 Å². The van der Waals surface area contributed by atoms with Crippen LogP contribution in [-0.4, -0.2) is 125 Å². The van der Waals surface area contributed by atoms with Gasteiger partial charge >= 0.3 is 35.8 Å². The first-order valence-electron chi connectivity index (χ1n) is 34.3. The number of carbonyl (C=O) groups is 8. The molecule has 568 valence electrons. The fourth-order valence-electron chi connectivity index (χ4n) is 15.8. The predicted molar refractivity (Wildman–Crippen MR) is 388 cm³/mol. The summed E-state index contributed by atoms with van der Waals surface area (Å²) in [5, 5.41) is 0. The number of ketones is 2. The van der Waals surface area contributed by atoms with Crippen molar-refractivity contribution < 1.29 is 81.0 Å². The molecular formula is C79H150O17. The fraction of sp³-hybridized carbons (Fsp3) is 0.899. The van der Waals surface area contributed by atoms with Crippen molar-refractivity contribution in [3.05, 3.63) is 0 Å². The average Bonchev–Trinajstić information content (AvgIpc) is 1.42. The van der Waals surface area contributed by atoms with Crippen LogP contribution in [0.2, 0.25) is 0 Å². The number of ether oxygens (including phenoxy) is 9. The molecule has 0 aromatic carbocycles. The molecule has 9 aliphatic heterocycles. The highest BCUT2D eigenvalue weighted by molar-refractivity contribution is 5.85. The Morgan fingerprint density at radius 1 is 0.271 bits per heavy atom. The van der Waals surface area contributed by atoms with Gasteiger partial charge in [-0.3, -0.25) is 38.4 Å². The van der Waals surface area contributed by atoms with Gasteiger partial charge in [-0.1, -0.05) is 94.5 Å². The van der Waals surface area contributed by atoms with Crippen molar-refractivity contribution in [2.45, 2.75) is 338 Å². The van der Waals surface area contributed by atoms with E-state index in [4.69, 9.17) is 33.2 Å². The standard InChI is InChI=1S/C10H14O.C8H10O2.C7H10O2.C7H10O.C6H8O2.C6H10O2.C6H12O.C5H8O2.C5H10O.C4H6O2.C4H8O.11CH4/c11-10-8-2-6-1-7(4-8)5-9(10)3-6;9-8-6-2-4-1-5(6)7(3-4)10-8;8-7-5-2-1-3-6(4-5)9-7;8-7-4-5-1-2-6(7)3-5;7-6-4-1-2-5(3-4)8-6;7-6-4-2-1-3-5-8-6;1-2-4-6-7-5-3-1;6-5-3-1-2-4-7-5;1-2-4-6-5-3-1;5-4-2-1-3-6-4;1-2-4-5-3-1;;;;;;;;;;;/h6-9H,1-5H2;4-7H,1-3H2;5-6H,1-4H2;5-6H,1-4H2;4-5H,1-3H2;1-5H2;1-6H2;1-4H2;1-5H2;1-3H2;1-4H2;11*1H4. The second-order valence-corrected chi connectivity index (χ2v) is 27.1. The molecule has 10 unspecified atom stereocenters. The van der Waals surface area contributed by atoms with E-state index < -0.39 is 0 Å². The van der Waals surface area contributed by atoms with Crippen LogP contribution < -0.4 is 0 Å². The maximum absolute atomic E-state index is 11.6. The van der Waals surface area contributed by atoms with E-state index in [2.05, 4.69) is 9.47 Å². The van der Waals surface area contributed by atoms with Crippen LogP contribution in [0.25, 0.3) is 0 Å². The Morgan fingerprint density at radius 2 is 0.667 bits per heavy atom. The molecule has 10 atom stereocenters. The summed E-state index contributed by atoms with van der Waals surface area (Å²) in [6.45, 7) is 7.91. The number of hydrogen-bond acceptors (Lipinski definition) is 17. The van der Waals surface area contributed by atoms with Crippen molar-refractivity contribution in [2.24, 2.45) is 65.1 Å². The summed E-state index contributed by atoms with van der Waals surface area (Å²) in [5.41, 5.74) is 0. The number of hydrogen-bond donors (Lipinski definition) is 0. The van der Waals surface area contributed by atoms with Crippen LogP contribution in [0.3, 0.4) is 0 Å². The van der Waals surface area contributed by atoms with Gasteiger partial charge in [-0.05, 0) is 223 Å². The molecule has 9 heterocycles. The fourth-order valence-corrected chi connectivity index (χ4v) is 15.8. The zero-order valence-corrected chi connectivity index (χ0v) is 51.6. The molecule has 9 saturated heterocycles. The van der Waals surface area contributed by atoms with Crippen LogP contribution in [0.15, 0.2) is 0 Å². The van der Waals surface area contributed by atoms with E-state index in [-0.39, 0.29) is 135 Å². The van der Waals surface area contributed by atoms with Crippen molar-refractivity contribution in [3.8, 4) is 0 Å². The lowest BCUT2D eigenvalue weighted by Gasteiger charge is -2.48. The van der Waals surface area contributed by atoms with Crippen molar-refractivity contribution in [2.75, 3.05) is 59.5 Å². The summed E-state index contributed by atoms with van der Waals surface area (Å²) in [4.78, 5) is 85.6. The number of fused-ring (bicyclic) bond motifs is 7. The lowest BCUT2D eigenvalue weighted by Crippen LogP contribution is -2.45. The third kappa shape index (κ3) is 33.5. The van der Waals surface area contributed by atoms with Gasteiger partial charge in [0.25, 0.3) is 0 Å². The highest BCUT2D eigenvalue weighted by Gasteiger charge is 2.56. The molecule has 19 rings (SSSR count). The van der Waals surface area contributed by atoms with Gasteiger partial charge in [0.15, 0.2) is 0 Å². The number of carbonyl (C=O) groups excluding carboxylic acids is 8. The van der Waals surface area contributed by atoms with Gasteiger partial charge in [0.1, 0.15) is 29.9 Å². The van der Waals surface area contributed by atoms with E-state index in [0.717, 1.165) is 160 Å². The number of cyclic esters (lactones) is 3. The molecule has 17 heteroatoms. The number of rotatable bonds is 0. The molecule has 19 aliphatic rings. The minimum absolute atomic E-state index is 0. The van der Waals surface area contributed by atoms with E-state index in [1.807, 2.05) is 0 Å². The summed E-state index contributed by atoms with van der Waals surface area (Å²) in [6.07, 6.45) is 42.9. The normalized spacial score (nSPS) is 32.2. The molecule has 17 nitrogen and oxygen atoms in total. The van der Waals surface area contributed by atoms with Gasteiger partial charge in [0.05, 0.1) is 37.6 Å². The lowest BCUT2D eigenvalue weighted by atomic mass is 9.56. The highest BCUT2D eigenvalue weighted by Crippen LogP contribution is 2.54. The van der Waals surface area contributed by atoms with Crippen molar-refractivity contribution in [1.29, 1.82) is 0 Å². The van der Waals surface area contributed by atoms with Crippen LogP contribution in [0, 0.1) is 65.1 Å². The topological polar surface area (TPSA) is 220 Å². The first-order valence-corrected chi connectivity index (χ1v) is 34.3. The molecular weight excluding hydrogens is 1220 g/mol. The molecule has 0 spiro atoms. The maximum Gasteiger partial charge on any atom is 0.309 e. The molecule has 12 bridgehead atoms. The summed E-state index contributed by atoms with van der Waals surface area (Å²) in [5.74, 6) is 7.74. The van der Waals surface area contributed by atoms with Gasteiger partial charge in [0.2, 0.25) is 0 Å². The zero-order valence-electron chi connectivity index (χ0n) is 51.6. The molecule has 19 fully saturated rings. The van der Waals surface area contributed by atoms with Gasteiger partial charge in [-0.15, -0.1) is 0 Å². The molecule has 0 aromatic rings. The first kappa shape index (κ1) is 98.4. The van der Waals surface area contributed by atoms with E-state index in [1.54, 1.807) is 0 Å². The van der Waals surface area contributed by atoms with Crippen LogP contribution in [0.5, 0.6) is 0 Å². The second-order valence-electron chi connectivity index (χ2n) is 27.1. The Balaban J connectivity index is -0.000000482. The number of esters is 6. The lowest BCUT2D eigenvalue weighted by molar-refractivity contribution is -0.148. The minimum Gasteiger partial charge on any atom is -0.466 e. The third-order valence-electron chi connectivity index (χ3n) is 20.3. The summed E-state index contributed by atoms with van der Waals surface area (Å²) in [6, 6.07) is 0. The molecule has 0 N–H and O–H groups in total. The van der Waals surface area contributed by atoms with Crippen LogP contribution in [0.1, 0.15) is 319 Å².